The summed E-state index contributed by atoms with van der Waals surface area (Å²) in [6, 6.07) is 6.09. The monoisotopic (exact) mass is 265 g/mol. The zero-order chi connectivity index (χ0) is 13.7. The molecule has 19 heavy (non-hydrogen) atoms. The number of hydrogen-bond acceptors (Lipinski definition) is 5. The molecule has 2 rings (SSSR count). The van der Waals surface area contributed by atoms with Crippen LogP contribution in [0.3, 0.4) is 0 Å². The Kier molecular flexibility index (Phi) is 4.73. The van der Waals surface area contributed by atoms with Crippen molar-refractivity contribution in [1.29, 1.82) is 0 Å². The number of hydrogen-bond donors (Lipinski definition) is 3. The van der Waals surface area contributed by atoms with Crippen molar-refractivity contribution in [1.82, 2.24) is 10.4 Å². The van der Waals surface area contributed by atoms with Crippen LogP contribution < -0.4 is 11.2 Å². The minimum Gasteiger partial charge on any atom is -0.508 e. The van der Waals surface area contributed by atoms with Crippen LogP contribution in [-0.4, -0.2) is 48.4 Å². The fourth-order valence-electron chi connectivity index (χ4n) is 1.89. The molecule has 1 fully saturated rings. The Morgan fingerprint density at radius 1 is 1.37 bits per heavy atom. The fraction of sp³-hybridized carbons (Fsp3) is 0.462. The number of phenols is 1. The summed E-state index contributed by atoms with van der Waals surface area (Å²) < 4.78 is 5.20. The molecule has 4 N–H and O–H groups in total. The summed E-state index contributed by atoms with van der Waals surface area (Å²) in [6.45, 7) is 2.59. The van der Waals surface area contributed by atoms with Gasteiger partial charge in [0.1, 0.15) is 5.75 Å². The molecule has 0 spiro atoms. The first-order valence-corrected chi connectivity index (χ1v) is 6.32. The number of nitrogens with one attached hydrogen (secondary N) is 1. The highest BCUT2D eigenvalue weighted by Crippen LogP contribution is 2.10. The number of nitrogens with zero attached hydrogens (tertiary/aromatic N) is 1. The highest BCUT2D eigenvalue weighted by Gasteiger charge is 2.18. The van der Waals surface area contributed by atoms with Gasteiger partial charge in [-0.15, -0.1) is 0 Å². The first-order valence-electron chi connectivity index (χ1n) is 6.32. The second-order valence-corrected chi connectivity index (χ2v) is 4.55. The van der Waals surface area contributed by atoms with Gasteiger partial charge in [0, 0.05) is 13.1 Å². The molecule has 0 saturated carbocycles. The summed E-state index contributed by atoms with van der Waals surface area (Å²) >= 11 is 0. The van der Waals surface area contributed by atoms with E-state index in [1.54, 1.807) is 24.3 Å². The van der Waals surface area contributed by atoms with E-state index < -0.39 is 6.04 Å². The largest absolute Gasteiger partial charge is 0.508 e. The third-order valence-electron chi connectivity index (χ3n) is 3.01. The van der Waals surface area contributed by atoms with Crippen molar-refractivity contribution in [2.45, 2.75) is 12.5 Å². The number of morpholine rings is 1. The van der Waals surface area contributed by atoms with Gasteiger partial charge < -0.3 is 15.6 Å². The second-order valence-electron chi connectivity index (χ2n) is 4.55. The molecule has 1 aliphatic heterocycles. The van der Waals surface area contributed by atoms with Crippen LogP contribution in [0, 0.1) is 0 Å². The van der Waals surface area contributed by atoms with Gasteiger partial charge >= 0.3 is 0 Å². The van der Waals surface area contributed by atoms with Gasteiger partial charge in [-0.1, -0.05) is 12.1 Å². The zero-order valence-electron chi connectivity index (χ0n) is 10.7. The number of rotatable bonds is 4. The Bertz CT molecular complexity index is 416. The van der Waals surface area contributed by atoms with Gasteiger partial charge in [-0.3, -0.25) is 10.2 Å². The molecule has 0 aliphatic carbocycles. The lowest BCUT2D eigenvalue weighted by Crippen LogP contribution is -2.53. The summed E-state index contributed by atoms with van der Waals surface area (Å²) in [7, 11) is 0. The molecular weight excluding hydrogens is 246 g/mol. The van der Waals surface area contributed by atoms with Crippen molar-refractivity contribution >= 4 is 5.91 Å². The fourth-order valence-corrected chi connectivity index (χ4v) is 1.89. The SMILES string of the molecule is N[C@H](Cc1ccc(O)cc1)C(=O)NN1CCOCC1. The Hall–Kier alpha value is -1.63. The van der Waals surface area contributed by atoms with E-state index >= 15 is 0 Å². The van der Waals surface area contributed by atoms with Crippen molar-refractivity contribution in [2.75, 3.05) is 26.3 Å². The zero-order valence-corrected chi connectivity index (χ0v) is 10.7. The number of benzene rings is 1. The third kappa shape index (κ3) is 4.20. The number of nitrogens with two attached hydrogens (primary N) is 1. The minimum atomic E-state index is -0.604. The van der Waals surface area contributed by atoms with E-state index in [1.165, 1.54) is 0 Å². The molecule has 0 radical (unpaired) electrons. The number of phenolic OH excluding ortho intramolecular Hbond substituents is 1. The maximum Gasteiger partial charge on any atom is 0.251 e. The smallest absolute Gasteiger partial charge is 0.251 e. The molecule has 1 aromatic carbocycles. The molecule has 1 saturated heterocycles. The lowest BCUT2D eigenvalue weighted by atomic mass is 10.1. The van der Waals surface area contributed by atoms with E-state index in [0.717, 1.165) is 5.56 Å². The quantitative estimate of drug-likeness (QED) is 0.691. The van der Waals surface area contributed by atoms with Crippen LogP contribution >= 0.6 is 0 Å². The third-order valence-corrected chi connectivity index (χ3v) is 3.01. The summed E-state index contributed by atoms with van der Waals surface area (Å²) in [5.41, 5.74) is 9.58. The van der Waals surface area contributed by atoms with Crippen LogP contribution in [0.15, 0.2) is 24.3 Å². The average molecular weight is 265 g/mol. The normalized spacial score (nSPS) is 17.9. The van der Waals surface area contributed by atoms with Crippen molar-refractivity contribution in [2.24, 2.45) is 5.73 Å². The predicted octanol–water partition coefficient (Wildman–Crippen LogP) is -0.375. The van der Waals surface area contributed by atoms with Gasteiger partial charge in [0.25, 0.3) is 5.91 Å². The molecule has 1 atom stereocenters. The van der Waals surface area contributed by atoms with Gasteiger partial charge in [0.05, 0.1) is 19.3 Å². The highest BCUT2D eigenvalue weighted by atomic mass is 16.5. The molecule has 1 amide bonds. The van der Waals surface area contributed by atoms with Gasteiger partial charge in [-0.05, 0) is 24.1 Å². The van der Waals surface area contributed by atoms with Gasteiger partial charge in [0.2, 0.25) is 0 Å². The molecule has 104 valence electrons. The highest BCUT2D eigenvalue weighted by molar-refractivity contribution is 5.81. The molecule has 6 heteroatoms. The first kappa shape index (κ1) is 13.8. The van der Waals surface area contributed by atoms with E-state index in [-0.39, 0.29) is 11.7 Å². The van der Waals surface area contributed by atoms with Crippen molar-refractivity contribution in [3.63, 3.8) is 0 Å². The lowest BCUT2D eigenvalue weighted by Gasteiger charge is -2.28. The lowest BCUT2D eigenvalue weighted by molar-refractivity contribution is -0.129. The maximum absolute atomic E-state index is 11.9. The molecule has 1 heterocycles. The van der Waals surface area contributed by atoms with Crippen LogP contribution in [0.5, 0.6) is 5.75 Å². The van der Waals surface area contributed by atoms with Gasteiger partial charge in [-0.25, -0.2) is 5.01 Å². The van der Waals surface area contributed by atoms with Gasteiger partial charge in [-0.2, -0.15) is 0 Å². The van der Waals surface area contributed by atoms with Crippen LogP contribution in [0.1, 0.15) is 5.56 Å². The Balaban J connectivity index is 1.83. The standard InChI is InChI=1S/C13H19N3O3/c14-12(9-10-1-3-11(17)4-2-10)13(18)15-16-5-7-19-8-6-16/h1-4,12,17H,5-9,14H2,(H,15,18)/t12-/m1/s1. The van der Waals surface area contributed by atoms with Crippen molar-refractivity contribution in [3.8, 4) is 5.75 Å². The predicted molar refractivity (Wildman–Crippen MR) is 70.3 cm³/mol. The average Bonchev–Trinajstić information content (AvgIpc) is 2.42. The van der Waals surface area contributed by atoms with Crippen molar-refractivity contribution in [3.05, 3.63) is 29.8 Å². The van der Waals surface area contributed by atoms with Crippen LogP contribution in [0.25, 0.3) is 0 Å². The minimum absolute atomic E-state index is 0.199. The molecular formula is C13H19N3O3. The summed E-state index contributed by atoms with van der Waals surface area (Å²) in [4.78, 5) is 11.9. The summed E-state index contributed by atoms with van der Waals surface area (Å²) in [5, 5.41) is 11.0. The maximum atomic E-state index is 11.9. The molecule has 0 aromatic heterocycles. The number of carbonyl (C=O) groups is 1. The number of aromatic hydroxyl groups is 1. The van der Waals surface area contributed by atoms with E-state index in [2.05, 4.69) is 5.43 Å². The number of amides is 1. The number of carbonyl (C=O) groups excluding carboxylic acids is 1. The van der Waals surface area contributed by atoms with E-state index in [0.29, 0.717) is 32.7 Å². The van der Waals surface area contributed by atoms with Crippen molar-refractivity contribution < 1.29 is 14.6 Å². The first-order chi connectivity index (χ1) is 9.15. The number of hydrazine groups is 1. The topological polar surface area (TPSA) is 87.8 Å². The van der Waals surface area contributed by atoms with E-state index in [9.17, 15) is 9.90 Å². The second kappa shape index (κ2) is 6.51. The molecule has 1 aromatic rings. The Morgan fingerprint density at radius 3 is 2.63 bits per heavy atom. The van der Waals surface area contributed by atoms with Crippen LogP contribution in [0.4, 0.5) is 0 Å². The van der Waals surface area contributed by atoms with Gasteiger partial charge in [0.15, 0.2) is 0 Å². The van der Waals surface area contributed by atoms with E-state index in [1.807, 2.05) is 5.01 Å². The van der Waals surface area contributed by atoms with Crippen LogP contribution in [-0.2, 0) is 16.0 Å². The van der Waals surface area contributed by atoms with Crippen LogP contribution in [0.2, 0.25) is 0 Å². The summed E-state index contributed by atoms with van der Waals surface area (Å²) in [5.74, 6) is 0.00469. The van der Waals surface area contributed by atoms with E-state index in [4.69, 9.17) is 10.5 Å². The molecule has 6 nitrogen and oxygen atoms in total. The number of ether oxygens (including phenoxy) is 1. The Morgan fingerprint density at radius 2 is 2.00 bits per heavy atom. The molecule has 1 aliphatic rings. The summed E-state index contributed by atoms with van der Waals surface area (Å²) in [6.07, 6.45) is 0.441. The molecule has 0 bridgehead atoms. The Labute approximate surface area is 112 Å². The molecule has 0 unspecified atom stereocenters.